The van der Waals surface area contributed by atoms with Crippen molar-refractivity contribution in [2.24, 2.45) is 0 Å². The molecule has 0 aliphatic carbocycles. The largest absolute Gasteiger partial charge is 0.498 e. The molecule has 0 aromatic carbocycles. The van der Waals surface area contributed by atoms with Gasteiger partial charge in [-0.25, -0.2) is 4.98 Å². The Labute approximate surface area is 89.6 Å². The molecule has 1 unspecified atom stereocenters. The zero-order valence-corrected chi connectivity index (χ0v) is 10.0. The van der Waals surface area contributed by atoms with Crippen LogP contribution >= 0.6 is 11.3 Å². The van der Waals surface area contributed by atoms with Crippen molar-refractivity contribution in [3.8, 4) is 0 Å². The van der Waals surface area contributed by atoms with E-state index in [0.717, 1.165) is 17.1 Å². The molecule has 0 N–H and O–H groups in total. The number of thiazole rings is 1. The van der Waals surface area contributed by atoms with E-state index in [-0.39, 0.29) is 0 Å². The molecule has 2 heterocycles. The molecule has 0 bridgehead atoms. The molecule has 1 aromatic heterocycles. The fourth-order valence-electron chi connectivity index (χ4n) is 1.25. The molecule has 14 heavy (non-hydrogen) atoms. The molecule has 1 aliphatic rings. The zero-order valence-electron chi connectivity index (χ0n) is 9.20. The van der Waals surface area contributed by atoms with Gasteiger partial charge in [-0.1, -0.05) is 0 Å². The van der Waals surface area contributed by atoms with E-state index in [1.54, 1.807) is 11.3 Å². The Balaban J connectivity index is 0.000000140. The third kappa shape index (κ3) is 3.92. The van der Waals surface area contributed by atoms with Gasteiger partial charge >= 0.3 is 0 Å². The van der Waals surface area contributed by atoms with Crippen molar-refractivity contribution in [3.63, 3.8) is 0 Å². The Bertz CT molecular complexity index is 300. The van der Waals surface area contributed by atoms with Gasteiger partial charge in [0.1, 0.15) is 0 Å². The predicted molar refractivity (Wildman–Crippen MR) is 60.5 cm³/mol. The fourth-order valence-corrected chi connectivity index (χ4v) is 1.84. The molecule has 0 fully saturated rings. The lowest BCUT2D eigenvalue weighted by atomic mass is 10.2. The average Bonchev–Trinajstić information content (AvgIpc) is 2.63. The first kappa shape index (κ1) is 11.2. The van der Waals surface area contributed by atoms with Crippen LogP contribution in [0.25, 0.3) is 0 Å². The minimum Gasteiger partial charge on any atom is -0.498 e. The monoisotopic (exact) mass is 211 g/mol. The standard InChI is InChI=1S/C6H10O.C5H7NS/c1-5-3-6(2)7-4-5;1-4-3-7-5(2)6-4/h4,6H,3H2,1-2H3;3H,1-2H3. The minimum absolute atomic E-state index is 0.431. The van der Waals surface area contributed by atoms with Crippen molar-refractivity contribution in [1.29, 1.82) is 0 Å². The van der Waals surface area contributed by atoms with Gasteiger partial charge in [0, 0.05) is 17.5 Å². The zero-order chi connectivity index (χ0) is 10.6. The van der Waals surface area contributed by atoms with E-state index >= 15 is 0 Å². The molecular formula is C11H17NOS. The number of hydrogen-bond acceptors (Lipinski definition) is 3. The Kier molecular flexibility index (Phi) is 4.14. The van der Waals surface area contributed by atoms with E-state index in [9.17, 15) is 0 Å². The molecule has 1 atom stereocenters. The maximum Gasteiger partial charge on any atom is 0.0988 e. The average molecular weight is 211 g/mol. The third-order valence-electron chi connectivity index (χ3n) is 1.84. The molecule has 0 radical (unpaired) electrons. The van der Waals surface area contributed by atoms with Crippen molar-refractivity contribution >= 4 is 11.3 Å². The molecule has 0 amide bonds. The first-order valence-corrected chi connectivity index (χ1v) is 5.65. The topological polar surface area (TPSA) is 22.1 Å². The summed E-state index contributed by atoms with van der Waals surface area (Å²) >= 11 is 1.69. The van der Waals surface area contributed by atoms with Crippen LogP contribution in [-0.2, 0) is 4.74 Å². The highest BCUT2D eigenvalue weighted by Crippen LogP contribution is 2.15. The van der Waals surface area contributed by atoms with Gasteiger partial charge in [-0.2, -0.15) is 0 Å². The summed E-state index contributed by atoms with van der Waals surface area (Å²) in [6.45, 7) is 8.18. The van der Waals surface area contributed by atoms with Crippen LogP contribution < -0.4 is 0 Å². The van der Waals surface area contributed by atoms with E-state index in [4.69, 9.17) is 4.74 Å². The summed E-state index contributed by atoms with van der Waals surface area (Å²) in [7, 11) is 0. The van der Waals surface area contributed by atoms with Crippen LogP contribution in [0.15, 0.2) is 17.2 Å². The molecule has 0 saturated heterocycles. The van der Waals surface area contributed by atoms with Crippen LogP contribution in [0.5, 0.6) is 0 Å². The predicted octanol–water partition coefficient (Wildman–Crippen LogP) is 3.46. The smallest absolute Gasteiger partial charge is 0.0988 e. The van der Waals surface area contributed by atoms with E-state index in [1.807, 2.05) is 20.1 Å². The highest BCUT2D eigenvalue weighted by Gasteiger charge is 2.07. The Morgan fingerprint density at radius 1 is 1.43 bits per heavy atom. The van der Waals surface area contributed by atoms with Gasteiger partial charge < -0.3 is 4.74 Å². The summed E-state index contributed by atoms with van der Waals surface area (Å²) in [6, 6.07) is 0. The summed E-state index contributed by atoms with van der Waals surface area (Å²) in [5, 5.41) is 3.20. The van der Waals surface area contributed by atoms with E-state index in [1.165, 1.54) is 5.57 Å². The molecule has 1 aliphatic heterocycles. The number of nitrogens with zero attached hydrogens (tertiary/aromatic N) is 1. The van der Waals surface area contributed by atoms with Crippen LogP contribution in [0.2, 0.25) is 0 Å². The van der Waals surface area contributed by atoms with Gasteiger partial charge in [-0.3, -0.25) is 0 Å². The highest BCUT2D eigenvalue weighted by atomic mass is 32.1. The van der Waals surface area contributed by atoms with Crippen LogP contribution in [0.1, 0.15) is 31.0 Å². The Hall–Kier alpha value is -0.830. The van der Waals surface area contributed by atoms with Gasteiger partial charge in [0.25, 0.3) is 0 Å². The summed E-state index contributed by atoms with van der Waals surface area (Å²) < 4.78 is 5.10. The molecule has 78 valence electrons. The van der Waals surface area contributed by atoms with Gasteiger partial charge in [0.15, 0.2) is 0 Å². The fraction of sp³-hybridized carbons (Fsp3) is 0.545. The summed E-state index contributed by atoms with van der Waals surface area (Å²) in [5.74, 6) is 0. The Morgan fingerprint density at radius 2 is 2.14 bits per heavy atom. The van der Waals surface area contributed by atoms with Crippen molar-refractivity contribution in [2.45, 2.75) is 40.2 Å². The summed E-state index contributed by atoms with van der Waals surface area (Å²) in [4.78, 5) is 4.13. The second-order valence-corrected chi connectivity index (χ2v) is 4.69. The van der Waals surface area contributed by atoms with Gasteiger partial charge in [0.2, 0.25) is 0 Å². The maximum absolute atomic E-state index is 5.10. The van der Waals surface area contributed by atoms with Crippen LogP contribution in [0, 0.1) is 13.8 Å². The van der Waals surface area contributed by atoms with Crippen LogP contribution in [0.4, 0.5) is 0 Å². The second kappa shape index (κ2) is 5.15. The highest BCUT2D eigenvalue weighted by molar-refractivity contribution is 7.09. The molecule has 0 saturated carbocycles. The lowest BCUT2D eigenvalue weighted by Crippen LogP contribution is -1.94. The maximum atomic E-state index is 5.10. The molecule has 3 heteroatoms. The molecule has 2 nitrogen and oxygen atoms in total. The number of ether oxygens (including phenoxy) is 1. The van der Waals surface area contributed by atoms with E-state index in [2.05, 4.69) is 24.2 Å². The number of hydrogen-bond donors (Lipinski definition) is 0. The van der Waals surface area contributed by atoms with Crippen molar-refractivity contribution in [1.82, 2.24) is 4.98 Å². The lowest BCUT2D eigenvalue weighted by molar-refractivity contribution is 0.189. The first-order chi connectivity index (χ1) is 6.58. The lowest BCUT2D eigenvalue weighted by Gasteiger charge is -1.97. The van der Waals surface area contributed by atoms with E-state index < -0.39 is 0 Å². The number of rotatable bonds is 0. The first-order valence-electron chi connectivity index (χ1n) is 4.77. The molecular weight excluding hydrogens is 194 g/mol. The number of aryl methyl sites for hydroxylation is 2. The minimum atomic E-state index is 0.431. The van der Waals surface area contributed by atoms with E-state index in [0.29, 0.717) is 6.10 Å². The van der Waals surface area contributed by atoms with Crippen molar-refractivity contribution in [3.05, 3.63) is 27.9 Å². The van der Waals surface area contributed by atoms with Gasteiger partial charge in [0.05, 0.1) is 17.4 Å². The van der Waals surface area contributed by atoms with Crippen molar-refractivity contribution in [2.75, 3.05) is 0 Å². The molecule has 0 spiro atoms. The van der Waals surface area contributed by atoms with Gasteiger partial charge in [-0.05, 0) is 33.3 Å². The van der Waals surface area contributed by atoms with Crippen LogP contribution in [-0.4, -0.2) is 11.1 Å². The molecule has 2 rings (SSSR count). The van der Waals surface area contributed by atoms with Gasteiger partial charge in [-0.15, -0.1) is 11.3 Å². The quantitative estimate of drug-likeness (QED) is 0.655. The van der Waals surface area contributed by atoms with Crippen molar-refractivity contribution < 1.29 is 4.74 Å². The summed E-state index contributed by atoms with van der Waals surface area (Å²) in [5.41, 5.74) is 2.48. The summed E-state index contributed by atoms with van der Waals surface area (Å²) in [6.07, 6.45) is 3.38. The SMILES string of the molecule is CC1=COC(C)C1.Cc1csc(C)n1. The van der Waals surface area contributed by atoms with Crippen LogP contribution in [0.3, 0.4) is 0 Å². The third-order valence-corrected chi connectivity index (χ3v) is 2.74. The normalized spacial score (nSPS) is 19.4. The molecule has 1 aromatic rings. The second-order valence-electron chi connectivity index (χ2n) is 3.62. The number of aromatic nitrogens is 1. The Morgan fingerprint density at radius 3 is 2.29 bits per heavy atom.